The average molecular weight is 309 g/mol. The van der Waals surface area contributed by atoms with Gasteiger partial charge in [-0.3, -0.25) is 0 Å². The van der Waals surface area contributed by atoms with E-state index in [1.54, 1.807) is 0 Å². The van der Waals surface area contributed by atoms with Crippen molar-refractivity contribution in [2.75, 3.05) is 0 Å². The molecule has 2 rings (SSSR count). The first-order valence-corrected chi connectivity index (χ1v) is 5.56. The molecule has 0 unspecified atom stereocenters. The van der Waals surface area contributed by atoms with Crippen LogP contribution in [0.2, 0.25) is 0 Å². The van der Waals surface area contributed by atoms with Crippen LogP contribution in [-0.4, -0.2) is 27.9 Å². The van der Waals surface area contributed by atoms with Gasteiger partial charge in [0.1, 0.15) is 6.21 Å². The van der Waals surface area contributed by atoms with E-state index < -0.39 is 35.8 Å². The first kappa shape index (κ1) is 15.2. The molecule has 3 nitrogen and oxygen atoms in total. The third-order valence-corrected chi connectivity index (χ3v) is 2.68. The molecular weight excluding hydrogens is 302 g/mol. The molecule has 0 spiro atoms. The van der Waals surface area contributed by atoms with Crippen LogP contribution in [0.15, 0.2) is 30.0 Å². The Balaban J connectivity index is 2.38. The second-order valence-corrected chi connectivity index (χ2v) is 4.16. The molecule has 1 aliphatic rings. The molecular formula is C12H7F6N2O+. The van der Waals surface area contributed by atoms with Crippen molar-refractivity contribution in [3.8, 4) is 0 Å². The number of aromatic nitrogens is 1. The number of alkyl halides is 6. The molecule has 0 atom stereocenters. The highest BCUT2D eigenvalue weighted by Gasteiger charge is 2.38. The summed E-state index contributed by atoms with van der Waals surface area (Å²) in [6.45, 7) is 0. The van der Waals surface area contributed by atoms with E-state index in [1.165, 1.54) is 0 Å². The highest BCUT2D eigenvalue weighted by Crippen LogP contribution is 2.30. The van der Waals surface area contributed by atoms with Crippen LogP contribution < -0.4 is 0 Å². The number of carbonyl (C=O) groups is 1. The zero-order valence-corrected chi connectivity index (χ0v) is 10.2. The number of hydrogen-bond donors (Lipinski definition) is 0. The summed E-state index contributed by atoms with van der Waals surface area (Å²) in [6.07, 6.45) is -8.08. The number of hydrogen-bond acceptors (Lipinski definition) is 2. The molecule has 21 heavy (non-hydrogen) atoms. The Morgan fingerprint density at radius 2 is 1.71 bits per heavy atom. The van der Waals surface area contributed by atoms with Crippen molar-refractivity contribution in [2.45, 2.75) is 18.8 Å². The van der Waals surface area contributed by atoms with E-state index in [1.807, 2.05) is 0 Å². The molecule has 1 amide bonds. The summed E-state index contributed by atoms with van der Waals surface area (Å²) in [6, 6.07) is 1.49. The molecule has 0 saturated carbocycles. The fourth-order valence-electron chi connectivity index (χ4n) is 1.64. The molecule has 0 bridgehead atoms. The maximum absolute atomic E-state index is 12.6. The van der Waals surface area contributed by atoms with E-state index in [9.17, 15) is 31.1 Å². The van der Waals surface area contributed by atoms with E-state index in [4.69, 9.17) is 0 Å². The van der Waals surface area contributed by atoms with Crippen LogP contribution >= 0.6 is 0 Å². The van der Waals surface area contributed by atoms with Crippen LogP contribution in [0.5, 0.6) is 0 Å². The third kappa shape index (κ3) is 3.29. The van der Waals surface area contributed by atoms with Crippen molar-refractivity contribution in [2.24, 2.45) is 0 Å². The lowest BCUT2D eigenvalue weighted by atomic mass is 10.1. The summed E-state index contributed by atoms with van der Waals surface area (Å²) in [5, 5.41) is 0. The maximum Gasteiger partial charge on any atom is 0.420 e. The Labute approximate surface area is 114 Å². The number of rotatable bonds is 1. The number of nitrogens with zero attached hydrogens (tertiary/aromatic N) is 2. The van der Waals surface area contributed by atoms with Gasteiger partial charge in [0.05, 0.1) is 17.6 Å². The number of pyridine rings is 1. The van der Waals surface area contributed by atoms with Crippen LogP contribution in [-0.2, 0) is 11.0 Å². The highest BCUT2D eigenvalue weighted by molar-refractivity contribution is 5.88. The molecule has 0 N–H and O–H groups in total. The van der Waals surface area contributed by atoms with Crippen molar-refractivity contribution in [3.63, 3.8) is 0 Å². The summed E-state index contributed by atoms with van der Waals surface area (Å²) in [5.41, 5.74) is -2.11. The van der Waals surface area contributed by atoms with Crippen molar-refractivity contribution in [3.05, 3.63) is 35.5 Å². The first-order chi connectivity index (χ1) is 9.59. The van der Waals surface area contributed by atoms with Gasteiger partial charge in [0.2, 0.25) is 0 Å². The van der Waals surface area contributed by atoms with Crippen molar-refractivity contribution in [1.82, 2.24) is 4.98 Å². The Hall–Kier alpha value is -2.19. The second-order valence-electron chi connectivity index (χ2n) is 4.16. The number of allylic oxidation sites excluding steroid dienone is 1. The standard InChI is InChI=1S/C12H7F6N2O/c13-11(14,15)7-1-3-9(19-5-7)20-6-8(12(16,17)18)2-4-10(20)21/h1-3,5-6H,4H2/q+1. The van der Waals surface area contributed by atoms with Crippen molar-refractivity contribution < 1.29 is 35.7 Å². The SMILES string of the molecule is O=C1CC=C(C(F)(F)F)C=[N+]1c1ccc(C(F)(F)F)cn1. The summed E-state index contributed by atoms with van der Waals surface area (Å²) in [7, 11) is 0. The van der Waals surface area contributed by atoms with Gasteiger partial charge in [0.15, 0.2) is 6.20 Å². The van der Waals surface area contributed by atoms with Crippen molar-refractivity contribution >= 4 is 17.9 Å². The fraction of sp³-hybridized carbons (Fsp3) is 0.250. The molecule has 9 heteroatoms. The quantitative estimate of drug-likeness (QED) is 0.589. The van der Waals surface area contributed by atoms with Crippen molar-refractivity contribution in [1.29, 1.82) is 0 Å². The third-order valence-electron chi connectivity index (χ3n) is 2.68. The van der Waals surface area contributed by atoms with Gasteiger partial charge in [-0.05, 0) is 11.1 Å². The van der Waals surface area contributed by atoms with Gasteiger partial charge in [-0.2, -0.15) is 30.9 Å². The van der Waals surface area contributed by atoms with E-state index in [0.717, 1.165) is 6.07 Å². The molecule has 1 aromatic heterocycles. The Morgan fingerprint density at radius 3 is 2.19 bits per heavy atom. The zero-order chi connectivity index (χ0) is 15.8. The molecule has 0 saturated heterocycles. The molecule has 112 valence electrons. The highest BCUT2D eigenvalue weighted by atomic mass is 19.4. The van der Waals surface area contributed by atoms with Gasteiger partial charge >= 0.3 is 24.1 Å². The predicted molar refractivity (Wildman–Crippen MR) is 59.0 cm³/mol. The van der Waals surface area contributed by atoms with Crippen LogP contribution in [0.25, 0.3) is 0 Å². The first-order valence-electron chi connectivity index (χ1n) is 5.56. The van der Waals surface area contributed by atoms with Gasteiger partial charge in [-0.1, -0.05) is 6.08 Å². The van der Waals surface area contributed by atoms with E-state index >= 15 is 0 Å². The van der Waals surface area contributed by atoms with Gasteiger partial charge in [0, 0.05) is 6.07 Å². The van der Waals surface area contributed by atoms with Crippen LogP contribution in [0.1, 0.15) is 12.0 Å². The van der Waals surface area contributed by atoms with Gasteiger partial charge in [-0.25, -0.2) is 4.79 Å². The molecule has 0 fully saturated rings. The largest absolute Gasteiger partial charge is 0.420 e. The predicted octanol–water partition coefficient (Wildman–Crippen LogP) is 3.23. The Kier molecular flexibility index (Phi) is 3.60. The maximum atomic E-state index is 12.6. The monoisotopic (exact) mass is 309 g/mol. The number of carbonyl (C=O) groups excluding carboxylic acids is 1. The summed E-state index contributed by atoms with van der Waals surface area (Å²) in [5.74, 6) is -1.02. The molecule has 2 heterocycles. The van der Waals surface area contributed by atoms with Gasteiger partial charge < -0.3 is 0 Å². The molecule has 1 aliphatic heterocycles. The van der Waals surface area contributed by atoms with Gasteiger partial charge in [-0.15, -0.1) is 0 Å². The topological polar surface area (TPSA) is 33.0 Å². The lowest BCUT2D eigenvalue weighted by molar-refractivity contribution is -0.367. The normalized spacial score (nSPS) is 16.6. The lowest BCUT2D eigenvalue weighted by Gasteiger charge is -2.12. The van der Waals surface area contributed by atoms with Crippen LogP contribution in [0, 0.1) is 0 Å². The summed E-state index contributed by atoms with van der Waals surface area (Å²) >= 11 is 0. The fourth-order valence-corrected chi connectivity index (χ4v) is 1.64. The van der Waals surface area contributed by atoms with E-state index in [0.29, 0.717) is 29.1 Å². The minimum absolute atomic E-state index is 0.303. The second kappa shape index (κ2) is 4.97. The minimum atomic E-state index is -4.65. The number of amides is 1. The molecule has 0 aromatic carbocycles. The smallest absolute Gasteiger partial charge is 0.246 e. The van der Waals surface area contributed by atoms with Crippen LogP contribution in [0.3, 0.4) is 0 Å². The van der Waals surface area contributed by atoms with Crippen LogP contribution in [0.4, 0.5) is 32.2 Å². The Bertz CT molecular complexity index is 625. The zero-order valence-electron chi connectivity index (χ0n) is 10.2. The van der Waals surface area contributed by atoms with E-state index in [-0.39, 0.29) is 5.82 Å². The molecule has 1 aromatic rings. The molecule has 0 aliphatic carbocycles. The summed E-state index contributed by atoms with van der Waals surface area (Å²) < 4.78 is 75.4. The summed E-state index contributed by atoms with van der Waals surface area (Å²) in [4.78, 5) is 15.0. The Morgan fingerprint density at radius 1 is 1.05 bits per heavy atom. The minimum Gasteiger partial charge on any atom is -0.246 e. The number of halogens is 6. The van der Waals surface area contributed by atoms with Gasteiger partial charge in [0.25, 0.3) is 0 Å². The van der Waals surface area contributed by atoms with E-state index in [2.05, 4.69) is 4.98 Å². The lowest BCUT2D eigenvalue weighted by Crippen LogP contribution is -2.27. The average Bonchev–Trinajstić information content (AvgIpc) is 2.37. The molecule has 0 radical (unpaired) electrons.